The molecule has 0 atom stereocenters. The van der Waals surface area contributed by atoms with Gasteiger partial charge in [0.05, 0.1) is 22.6 Å². The van der Waals surface area contributed by atoms with Crippen LogP contribution in [0.2, 0.25) is 5.02 Å². The zero-order valence-electron chi connectivity index (χ0n) is 14.3. The molecule has 5 nitrogen and oxygen atoms in total. The molecule has 3 aromatic carbocycles. The van der Waals surface area contributed by atoms with Crippen molar-refractivity contribution in [1.29, 1.82) is 0 Å². The van der Waals surface area contributed by atoms with Gasteiger partial charge in [-0.2, -0.15) is 0 Å². The largest absolute Gasteiger partial charge is 0.497 e. The quantitative estimate of drug-likeness (QED) is 0.283. The van der Waals surface area contributed by atoms with Gasteiger partial charge in [0, 0.05) is 22.2 Å². The molecule has 0 aliphatic heterocycles. The van der Waals surface area contributed by atoms with Crippen LogP contribution in [0.15, 0.2) is 81.5 Å². The molecule has 136 valence electrons. The van der Waals surface area contributed by atoms with Crippen molar-refractivity contribution in [2.24, 2.45) is 4.99 Å². The molecule has 0 aromatic heterocycles. The molecule has 0 unspecified atom stereocenters. The summed E-state index contributed by atoms with van der Waals surface area (Å²) < 4.78 is 5.11. The maximum absolute atomic E-state index is 11.5. The van der Waals surface area contributed by atoms with Gasteiger partial charge in [-0.15, -0.1) is 0 Å². The Bertz CT molecular complexity index is 974. The Morgan fingerprint density at radius 2 is 1.78 bits per heavy atom. The van der Waals surface area contributed by atoms with Crippen LogP contribution >= 0.6 is 23.4 Å². The lowest BCUT2D eigenvalue weighted by Gasteiger charge is -2.04. The second kappa shape index (κ2) is 8.70. The molecule has 0 saturated carbocycles. The molecule has 0 heterocycles. The van der Waals surface area contributed by atoms with E-state index in [-0.39, 0.29) is 10.6 Å². The van der Waals surface area contributed by atoms with Crippen LogP contribution in [0.1, 0.15) is 5.56 Å². The molecule has 0 amide bonds. The van der Waals surface area contributed by atoms with Gasteiger partial charge in [-0.05, 0) is 60.2 Å². The summed E-state index contributed by atoms with van der Waals surface area (Å²) in [5.41, 5.74) is 1.42. The molecule has 0 aliphatic rings. The molecule has 0 spiro atoms. The summed E-state index contributed by atoms with van der Waals surface area (Å²) in [7, 11) is 1.60. The smallest absolute Gasteiger partial charge is 0.283 e. The van der Waals surface area contributed by atoms with Crippen molar-refractivity contribution in [2.45, 2.75) is 9.79 Å². The highest BCUT2D eigenvalue weighted by molar-refractivity contribution is 7.99. The van der Waals surface area contributed by atoms with Gasteiger partial charge in [0.15, 0.2) is 0 Å². The minimum absolute atomic E-state index is 0.0358. The fourth-order valence-corrected chi connectivity index (χ4v) is 3.32. The summed E-state index contributed by atoms with van der Waals surface area (Å²) >= 11 is 7.20. The van der Waals surface area contributed by atoms with Crippen molar-refractivity contribution in [1.82, 2.24) is 0 Å². The van der Waals surface area contributed by atoms with E-state index in [9.17, 15) is 10.1 Å². The molecule has 0 radical (unpaired) electrons. The van der Waals surface area contributed by atoms with Crippen LogP contribution < -0.4 is 4.74 Å². The second-order valence-electron chi connectivity index (χ2n) is 5.50. The summed E-state index contributed by atoms with van der Waals surface area (Å²) in [6.45, 7) is 0. The van der Waals surface area contributed by atoms with E-state index < -0.39 is 0 Å². The first kappa shape index (κ1) is 18.9. The number of methoxy groups -OCH3 is 1. The molecule has 27 heavy (non-hydrogen) atoms. The SMILES string of the molecule is COc1ccc(N=Cc2ccc(Sc3ccc(Cl)cc3)c([N+](=O)[O-])c2)cc1. The van der Waals surface area contributed by atoms with Gasteiger partial charge in [0.25, 0.3) is 5.69 Å². The summed E-state index contributed by atoms with van der Waals surface area (Å²) in [5.74, 6) is 0.744. The standard InChI is InChI=1S/C20H15ClN2O3S/c1-26-17-7-5-16(6-8-17)22-13-14-2-11-20(19(12-14)23(24)25)27-18-9-3-15(21)4-10-18/h2-13H,1H3. The predicted molar refractivity (Wildman–Crippen MR) is 109 cm³/mol. The number of rotatable bonds is 6. The maximum Gasteiger partial charge on any atom is 0.283 e. The summed E-state index contributed by atoms with van der Waals surface area (Å²) in [4.78, 5) is 16.9. The third kappa shape index (κ3) is 5.09. The lowest BCUT2D eigenvalue weighted by molar-refractivity contribution is -0.387. The first-order valence-electron chi connectivity index (χ1n) is 7.95. The molecule has 0 fully saturated rings. The number of hydrogen-bond acceptors (Lipinski definition) is 5. The zero-order valence-corrected chi connectivity index (χ0v) is 15.9. The van der Waals surface area contributed by atoms with Crippen molar-refractivity contribution in [3.05, 3.63) is 87.4 Å². The van der Waals surface area contributed by atoms with Crippen LogP contribution in [-0.2, 0) is 0 Å². The van der Waals surface area contributed by atoms with Crippen LogP contribution in [0.5, 0.6) is 5.75 Å². The number of hydrogen-bond donors (Lipinski definition) is 0. The third-order valence-corrected chi connectivity index (χ3v) is 4.98. The van der Waals surface area contributed by atoms with E-state index in [1.54, 1.807) is 49.7 Å². The highest BCUT2D eigenvalue weighted by atomic mass is 35.5. The van der Waals surface area contributed by atoms with E-state index in [1.165, 1.54) is 17.8 Å². The maximum atomic E-state index is 11.5. The zero-order chi connectivity index (χ0) is 19.2. The molecule has 0 N–H and O–H groups in total. The van der Waals surface area contributed by atoms with Crippen molar-refractivity contribution < 1.29 is 9.66 Å². The van der Waals surface area contributed by atoms with Crippen LogP contribution in [0.3, 0.4) is 0 Å². The average molecular weight is 399 g/mol. The molecule has 0 saturated heterocycles. The van der Waals surface area contributed by atoms with E-state index in [0.717, 1.165) is 16.3 Å². The molecular weight excluding hydrogens is 384 g/mol. The molecule has 3 rings (SSSR count). The van der Waals surface area contributed by atoms with Gasteiger partial charge in [-0.1, -0.05) is 29.4 Å². The van der Waals surface area contributed by atoms with Gasteiger partial charge in [-0.3, -0.25) is 15.1 Å². The van der Waals surface area contributed by atoms with Crippen molar-refractivity contribution >= 4 is 41.0 Å². The average Bonchev–Trinajstić information content (AvgIpc) is 2.69. The normalized spacial score (nSPS) is 10.9. The van der Waals surface area contributed by atoms with Gasteiger partial charge < -0.3 is 4.74 Å². The number of benzene rings is 3. The first-order valence-corrected chi connectivity index (χ1v) is 9.14. The highest BCUT2D eigenvalue weighted by Gasteiger charge is 2.15. The minimum atomic E-state index is -0.386. The Labute approximate surface area is 165 Å². The van der Waals surface area contributed by atoms with Gasteiger partial charge in [0.1, 0.15) is 5.75 Å². The number of aliphatic imine (C=N–C) groups is 1. The Morgan fingerprint density at radius 3 is 2.41 bits per heavy atom. The number of halogens is 1. The second-order valence-corrected chi connectivity index (χ2v) is 7.05. The fraction of sp³-hybridized carbons (Fsp3) is 0.0500. The number of nitro groups is 1. The van der Waals surface area contributed by atoms with E-state index in [0.29, 0.717) is 15.5 Å². The molecule has 0 aliphatic carbocycles. The number of nitrogens with zero attached hydrogens (tertiary/aromatic N) is 2. The molecular formula is C20H15ClN2O3S. The van der Waals surface area contributed by atoms with Crippen LogP contribution in [0.25, 0.3) is 0 Å². The van der Waals surface area contributed by atoms with Crippen LogP contribution in [0, 0.1) is 10.1 Å². The topological polar surface area (TPSA) is 64.7 Å². The van der Waals surface area contributed by atoms with Crippen molar-refractivity contribution in [3.63, 3.8) is 0 Å². The summed E-state index contributed by atoms with van der Waals surface area (Å²) in [6.07, 6.45) is 1.60. The lowest BCUT2D eigenvalue weighted by Crippen LogP contribution is -1.93. The minimum Gasteiger partial charge on any atom is -0.497 e. The van der Waals surface area contributed by atoms with Gasteiger partial charge >= 0.3 is 0 Å². The predicted octanol–water partition coefficient (Wildman–Crippen LogP) is 6.16. The van der Waals surface area contributed by atoms with E-state index in [2.05, 4.69) is 4.99 Å². The Hall–Kier alpha value is -2.83. The van der Waals surface area contributed by atoms with Crippen LogP contribution in [0.4, 0.5) is 11.4 Å². The summed E-state index contributed by atoms with van der Waals surface area (Å²) in [6, 6.07) is 19.5. The molecule has 3 aromatic rings. The number of ether oxygens (including phenoxy) is 1. The number of nitro benzene ring substituents is 1. The first-order chi connectivity index (χ1) is 13.0. The molecule has 0 bridgehead atoms. The lowest BCUT2D eigenvalue weighted by atomic mass is 10.2. The van der Waals surface area contributed by atoms with E-state index in [1.807, 2.05) is 24.3 Å². The monoisotopic (exact) mass is 398 g/mol. The molecule has 7 heteroatoms. The van der Waals surface area contributed by atoms with Crippen molar-refractivity contribution in [3.8, 4) is 5.75 Å². The Morgan fingerprint density at radius 1 is 1.07 bits per heavy atom. The Balaban J connectivity index is 1.83. The van der Waals surface area contributed by atoms with Crippen molar-refractivity contribution in [2.75, 3.05) is 7.11 Å². The van der Waals surface area contributed by atoms with E-state index >= 15 is 0 Å². The highest BCUT2D eigenvalue weighted by Crippen LogP contribution is 2.35. The van der Waals surface area contributed by atoms with Gasteiger partial charge in [0.2, 0.25) is 0 Å². The third-order valence-electron chi connectivity index (χ3n) is 3.66. The van der Waals surface area contributed by atoms with Gasteiger partial charge in [-0.25, -0.2) is 0 Å². The van der Waals surface area contributed by atoms with Crippen LogP contribution in [-0.4, -0.2) is 18.2 Å². The van der Waals surface area contributed by atoms with E-state index in [4.69, 9.17) is 16.3 Å². The summed E-state index contributed by atoms with van der Waals surface area (Å²) in [5, 5.41) is 12.1. The fourth-order valence-electron chi connectivity index (χ4n) is 2.29. The Kier molecular flexibility index (Phi) is 6.11.